The first-order chi connectivity index (χ1) is 9.06. The van der Waals surface area contributed by atoms with Gasteiger partial charge < -0.3 is 5.73 Å². The summed E-state index contributed by atoms with van der Waals surface area (Å²) < 4.78 is 2.55. The van der Waals surface area contributed by atoms with Crippen LogP contribution in [-0.4, -0.2) is 15.0 Å². The fourth-order valence-electron chi connectivity index (χ4n) is 1.79. The third kappa shape index (κ3) is 2.68. The second kappa shape index (κ2) is 5.10. The lowest BCUT2D eigenvalue weighted by Gasteiger charge is -2.09. The smallest absolute Gasteiger partial charge is 0.181 e. The maximum Gasteiger partial charge on any atom is 0.181 e. The summed E-state index contributed by atoms with van der Waals surface area (Å²) in [6.07, 6.45) is 4.03. The molecular weight excluding hydrogens is 440 g/mol. The van der Waals surface area contributed by atoms with E-state index in [9.17, 15) is 0 Å². The number of aromatic nitrogens is 3. The predicted octanol–water partition coefficient (Wildman–Crippen LogP) is 4.29. The lowest BCUT2D eigenvalue weighted by molar-refractivity contribution is 0.977. The maximum atomic E-state index is 5.95. The minimum Gasteiger partial charge on any atom is -0.383 e. The average molecular weight is 449 g/mol. The van der Waals surface area contributed by atoms with Gasteiger partial charge in [0.2, 0.25) is 0 Å². The van der Waals surface area contributed by atoms with Crippen LogP contribution >= 0.6 is 47.8 Å². The van der Waals surface area contributed by atoms with Crippen molar-refractivity contribution in [3.8, 4) is 11.5 Å². The zero-order valence-corrected chi connectivity index (χ0v) is 14.5. The van der Waals surface area contributed by atoms with Crippen LogP contribution in [0.5, 0.6) is 0 Å². The van der Waals surface area contributed by atoms with Crippen molar-refractivity contribution in [3.05, 3.63) is 31.4 Å². The van der Waals surface area contributed by atoms with Gasteiger partial charge in [0.1, 0.15) is 11.5 Å². The first-order valence-electron chi connectivity index (χ1n) is 5.70. The molecule has 2 aromatic heterocycles. The third-order valence-electron chi connectivity index (χ3n) is 2.89. The molecule has 0 bridgehead atoms. The molecular formula is C12H9Br3N4. The second-order valence-electron chi connectivity index (χ2n) is 4.39. The molecule has 2 heterocycles. The summed E-state index contributed by atoms with van der Waals surface area (Å²) in [5.41, 5.74) is 7.64. The van der Waals surface area contributed by atoms with Gasteiger partial charge in [0.15, 0.2) is 5.82 Å². The van der Waals surface area contributed by atoms with Crippen LogP contribution in [-0.2, 0) is 0 Å². The van der Waals surface area contributed by atoms with Crippen LogP contribution in [0.2, 0.25) is 0 Å². The van der Waals surface area contributed by atoms with E-state index in [2.05, 4.69) is 62.7 Å². The van der Waals surface area contributed by atoms with E-state index in [0.29, 0.717) is 23.3 Å². The number of nitrogen functional groups attached to an aromatic ring is 1. The minimum absolute atomic E-state index is 0.462. The van der Waals surface area contributed by atoms with Crippen molar-refractivity contribution >= 4 is 53.6 Å². The molecule has 2 N–H and O–H groups in total. The van der Waals surface area contributed by atoms with Gasteiger partial charge in [-0.05, 0) is 66.7 Å². The number of halogens is 3. The van der Waals surface area contributed by atoms with Crippen molar-refractivity contribution in [2.24, 2.45) is 0 Å². The van der Waals surface area contributed by atoms with Gasteiger partial charge in [-0.2, -0.15) is 0 Å². The Morgan fingerprint density at radius 3 is 2.53 bits per heavy atom. The van der Waals surface area contributed by atoms with Gasteiger partial charge in [0.05, 0.1) is 10.2 Å². The van der Waals surface area contributed by atoms with Crippen molar-refractivity contribution in [1.29, 1.82) is 0 Å². The molecule has 1 aliphatic rings. The van der Waals surface area contributed by atoms with Gasteiger partial charge in [-0.3, -0.25) is 4.98 Å². The Labute approximate surface area is 135 Å². The van der Waals surface area contributed by atoms with Gasteiger partial charge >= 0.3 is 0 Å². The lowest BCUT2D eigenvalue weighted by Crippen LogP contribution is -2.03. The zero-order valence-electron chi connectivity index (χ0n) is 9.70. The molecule has 0 radical (unpaired) electrons. The second-order valence-corrected chi connectivity index (χ2v) is 6.95. The Kier molecular flexibility index (Phi) is 3.61. The van der Waals surface area contributed by atoms with Crippen LogP contribution in [0.3, 0.4) is 0 Å². The van der Waals surface area contributed by atoms with E-state index >= 15 is 0 Å². The van der Waals surface area contributed by atoms with Gasteiger partial charge in [0, 0.05) is 21.1 Å². The van der Waals surface area contributed by atoms with Crippen molar-refractivity contribution in [2.75, 3.05) is 5.73 Å². The van der Waals surface area contributed by atoms with Gasteiger partial charge in [-0.25, -0.2) is 9.97 Å². The van der Waals surface area contributed by atoms with Gasteiger partial charge in [0.25, 0.3) is 0 Å². The quantitative estimate of drug-likeness (QED) is 0.744. The molecule has 98 valence electrons. The van der Waals surface area contributed by atoms with Crippen molar-refractivity contribution < 1.29 is 0 Å². The summed E-state index contributed by atoms with van der Waals surface area (Å²) in [4.78, 5) is 13.3. The van der Waals surface area contributed by atoms with E-state index in [1.54, 1.807) is 6.20 Å². The van der Waals surface area contributed by atoms with E-state index in [4.69, 9.17) is 5.73 Å². The first kappa shape index (κ1) is 13.5. The Bertz CT molecular complexity index is 656. The third-order valence-corrected chi connectivity index (χ3v) is 4.74. The molecule has 0 spiro atoms. The molecule has 0 saturated heterocycles. The molecule has 4 nitrogen and oxygen atoms in total. The largest absolute Gasteiger partial charge is 0.383 e. The van der Waals surface area contributed by atoms with E-state index < -0.39 is 0 Å². The fourth-order valence-corrected chi connectivity index (χ4v) is 3.46. The number of hydrogen-bond donors (Lipinski definition) is 1. The van der Waals surface area contributed by atoms with E-state index in [0.717, 1.165) is 32.0 Å². The number of nitrogens with zero attached hydrogens (tertiary/aromatic N) is 3. The molecule has 2 aromatic rings. The molecule has 0 aliphatic heterocycles. The Hall–Kier alpha value is -0.530. The van der Waals surface area contributed by atoms with Crippen molar-refractivity contribution in [1.82, 2.24) is 15.0 Å². The highest BCUT2D eigenvalue weighted by Crippen LogP contribution is 2.44. The van der Waals surface area contributed by atoms with Crippen LogP contribution in [0.25, 0.3) is 11.5 Å². The Balaban J connectivity index is 2.14. The molecule has 1 saturated carbocycles. The highest BCUT2D eigenvalue weighted by atomic mass is 79.9. The summed E-state index contributed by atoms with van der Waals surface area (Å²) >= 11 is 10.3. The zero-order chi connectivity index (χ0) is 13.6. The molecule has 0 unspecified atom stereocenters. The van der Waals surface area contributed by atoms with Crippen LogP contribution in [0, 0.1) is 0 Å². The molecule has 7 heteroatoms. The van der Waals surface area contributed by atoms with Crippen LogP contribution in [0.1, 0.15) is 24.5 Å². The normalized spacial score (nSPS) is 14.7. The predicted molar refractivity (Wildman–Crippen MR) is 84.8 cm³/mol. The SMILES string of the molecule is Nc1nc(-c2ncc(Br)cc2Br)nc(C2CC2)c1Br. The summed E-state index contributed by atoms with van der Waals surface area (Å²) in [5.74, 6) is 1.51. The summed E-state index contributed by atoms with van der Waals surface area (Å²) in [5, 5.41) is 0. The van der Waals surface area contributed by atoms with E-state index in [1.165, 1.54) is 0 Å². The van der Waals surface area contributed by atoms with Gasteiger partial charge in [-0.15, -0.1) is 0 Å². The summed E-state index contributed by atoms with van der Waals surface area (Å²) in [7, 11) is 0. The van der Waals surface area contributed by atoms with E-state index in [-0.39, 0.29) is 0 Å². The van der Waals surface area contributed by atoms with Crippen molar-refractivity contribution in [2.45, 2.75) is 18.8 Å². The highest BCUT2D eigenvalue weighted by Gasteiger charge is 2.29. The standard InChI is InChI=1S/C12H9Br3N4/c13-6-3-7(14)10(17-4-6)12-18-9(5-1-2-5)8(15)11(16)19-12/h3-5H,1-2H2,(H2,16,18,19). The molecule has 19 heavy (non-hydrogen) atoms. The topological polar surface area (TPSA) is 64.7 Å². The lowest BCUT2D eigenvalue weighted by atomic mass is 10.2. The molecule has 0 amide bonds. The summed E-state index contributed by atoms with van der Waals surface area (Å²) in [6.45, 7) is 0. The van der Waals surface area contributed by atoms with Crippen molar-refractivity contribution in [3.63, 3.8) is 0 Å². The molecule has 1 aliphatic carbocycles. The Morgan fingerprint density at radius 2 is 1.89 bits per heavy atom. The van der Waals surface area contributed by atoms with Crippen LogP contribution < -0.4 is 5.73 Å². The van der Waals surface area contributed by atoms with E-state index in [1.807, 2.05) is 6.07 Å². The fraction of sp³-hybridized carbons (Fsp3) is 0.250. The number of nitrogens with two attached hydrogens (primary N) is 1. The molecule has 0 aromatic carbocycles. The number of pyridine rings is 1. The minimum atomic E-state index is 0.462. The molecule has 1 fully saturated rings. The number of rotatable bonds is 2. The Morgan fingerprint density at radius 1 is 1.16 bits per heavy atom. The van der Waals surface area contributed by atoms with Crippen LogP contribution in [0.15, 0.2) is 25.7 Å². The molecule has 3 rings (SSSR count). The maximum absolute atomic E-state index is 5.95. The molecule has 0 atom stereocenters. The monoisotopic (exact) mass is 446 g/mol. The van der Waals surface area contributed by atoms with Gasteiger partial charge in [-0.1, -0.05) is 0 Å². The average Bonchev–Trinajstić information content (AvgIpc) is 3.17. The summed E-state index contributed by atoms with van der Waals surface area (Å²) in [6, 6.07) is 1.92. The first-order valence-corrected chi connectivity index (χ1v) is 8.08. The number of anilines is 1. The number of hydrogen-bond acceptors (Lipinski definition) is 4. The highest BCUT2D eigenvalue weighted by molar-refractivity contribution is 9.11. The van der Waals surface area contributed by atoms with Crippen LogP contribution in [0.4, 0.5) is 5.82 Å².